The Morgan fingerprint density at radius 2 is 1.34 bits per heavy atom. The molecule has 0 atom stereocenters. The van der Waals surface area contributed by atoms with Crippen molar-refractivity contribution in [3.63, 3.8) is 0 Å². The molecule has 56 heavy (non-hydrogen) atoms. The Hall–Kier alpha value is -5.04. The lowest BCUT2D eigenvalue weighted by atomic mass is 9.94. The number of aryl methyl sites for hydroxylation is 1. The lowest BCUT2D eigenvalue weighted by Gasteiger charge is -2.16. The number of hydrogen-bond acceptors (Lipinski definition) is 9. The van der Waals surface area contributed by atoms with Crippen molar-refractivity contribution >= 4 is 30.9 Å². The summed E-state index contributed by atoms with van der Waals surface area (Å²) in [6.07, 6.45) is 2.46. The van der Waals surface area contributed by atoms with Crippen LogP contribution in [0.2, 0.25) is 25.7 Å². The maximum absolute atomic E-state index is 14.2. The van der Waals surface area contributed by atoms with E-state index < -0.39 is 20.0 Å². The summed E-state index contributed by atoms with van der Waals surface area (Å²) in [5, 5.41) is 0.785. The van der Waals surface area contributed by atoms with Crippen LogP contribution in [0.4, 0.5) is 0 Å². The van der Waals surface area contributed by atoms with Gasteiger partial charge >= 0.3 is 11.9 Å². The molecule has 0 saturated carbocycles. The summed E-state index contributed by atoms with van der Waals surface area (Å²) in [5.74, 6) is 0.824. The van der Waals surface area contributed by atoms with Crippen LogP contribution in [0.1, 0.15) is 54.2 Å². The van der Waals surface area contributed by atoms with Crippen molar-refractivity contribution in [1.29, 1.82) is 0 Å². The van der Waals surface area contributed by atoms with E-state index >= 15 is 0 Å². The van der Waals surface area contributed by atoms with Gasteiger partial charge in [-0.1, -0.05) is 56.0 Å². The number of fused-ring (bicyclic) bond motifs is 1. The van der Waals surface area contributed by atoms with Crippen LogP contribution < -0.4 is 14.2 Å². The Morgan fingerprint density at radius 3 is 1.89 bits per heavy atom. The molecule has 0 saturated heterocycles. The molecule has 0 aliphatic carbocycles. The summed E-state index contributed by atoms with van der Waals surface area (Å²) < 4.78 is 44.2. The van der Waals surface area contributed by atoms with Crippen LogP contribution in [0.5, 0.6) is 17.2 Å². The van der Waals surface area contributed by atoms with Gasteiger partial charge in [-0.05, 0) is 81.6 Å². The molecule has 300 valence electrons. The molecule has 0 aliphatic heterocycles. The molecule has 2 heterocycles. The average Bonchev–Trinajstić information content (AvgIpc) is 3.70. The molecule has 0 amide bonds. The van der Waals surface area contributed by atoms with Gasteiger partial charge in [-0.25, -0.2) is 9.59 Å². The Morgan fingerprint density at radius 1 is 0.750 bits per heavy atom. The number of para-hydroxylation sites is 1. The predicted octanol–water partition coefficient (Wildman–Crippen LogP) is 9.46. The van der Waals surface area contributed by atoms with Crippen molar-refractivity contribution in [2.75, 3.05) is 34.7 Å². The average molecular weight is 785 g/mol. The number of hydrogen-bond donors (Lipinski definition) is 0. The molecule has 3 aromatic carbocycles. The zero-order valence-corrected chi connectivity index (χ0v) is 35.4. The van der Waals surface area contributed by atoms with E-state index in [1.54, 1.807) is 11.7 Å². The maximum Gasteiger partial charge on any atom is 0.355 e. The van der Waals surface area contributed by atoms with Crippen LogP contribution in [-0.4, -0.2) is 76.1 Å². The summed E-state index contributed by atoms with van der Waals surface area (Å²) in [6, 6.07) is 22.1. The van der Waals surface area contributed by atoms with Gasteiger partial charge in [0.15, 0.2) is 6.79 Å². The van der Waals surface area contributed by atoms with Gasteiger partial charge in [-0.15, -0.1) is 0 Å². The van der Waals surface area contributed by atoms with Gasteiger partial charge in [0.2, 0.25) is 0 Å². The number of benzene rings is 3. The molecule has 0 spiro atoms. The molecule has 2 aromatic heterocycles. The molecule has 11 nitrogen and oxygen atoms in total. The normalized spacial score (nSPS) is 11.7. The molecule has 0 unspecified atom stereocenters. The van der Waals surface area contributed by atoms with Gasteiger partial charge in [0, 0.05) is 56.6 Å². The number of carbonyl (C=O) groups is 2. The molecular formula is C44H56N2O9Si. The van der Waals surface area contributed by atoms with Gasteiger partial charge in [0.05, 0.1) is 31.9 Å². The van der Waals surface area contributed by atoms with E-state index in [4.69, 9.17) is 33.2 Å². The molecule has 12 heteroatoms. The summed E-state index contributed by atoms with van der Waals surface area (Å²) in [7, 11) is 2.90. The molecular weight excluding hydrogens is 729 g/mol. The standard InChI is InChI=1S/C44H56N2O9Si/c1-29(2)54-33-18-14-31(15-19-33)22-23-46-41(43(47)50-6)38(32-16-20-34(21-17-32)55-30(3)4)39(42(46)44(48)51-7)36-26-45(27-52-24-25-56(8,9)10)40-35(36)12-11-13-37(40)53-28-49-5/h11-21,26,29-30H,22-25,27-28H2,1-10H3. The van der Waals surface area contributed by atoms with Crippen LogP contribution in [0, 0.1) is 0 Å². The molecule has 0 fully saturated rings. The fourth-order valence-corrected chi connectivity index (χ4v) is 7.39. The number of carbonyl (C=O) groups excluding carboxylic acids is 2. The summed E-state index contributed by atoms with van der Waals surface area (Å²) in [6.45, 7) is 16.0. The van der Waals surface area contributed by atoms with Crippen molar-refractivity contribution in [3.05, 3.63) is 89.9 Å². The first-order valence-corrected chi connectivity index (χ1v) is 22.7. The lowest BCUT2D eigenvalue weighted by Crippen LogP contribution is -2.22. The Balaban J connectivity index is 1.79. The number of nitrogens with zero attached hydrogens (tertiary/aromatic N) is 2. The van der Waals surface area contributed by atoms with E-state index in [-0.39, 0.29) is 43.7 Å². The Labute approximate surface area is 331 Å². The highest BCUT2D eigenvalue weighted by Gasteiger charge is 2.35. The SMILES string of the molecule is COCOc1cccc2c(-c3c(-c4ccc(OC(C)C)cc4)c(C(=O)OC)n(CCc4ccc(OC(C)C)cc4)c3C(=O)OC)cn(COCC[Si](C)(C)C)c12. The molecule has 0 aliphatic rings. The van der Waals surface area contributed by atoms with Crippen molar-refractivity contribution in [1.82, 2.24) is 9.13 Å². The van der Waals surface area contributed by atoms with Gasteiger partial charge in [-0.3, -0.25) is 0 Å². The minimum absolute atomic E-state index is 0.0336. The van der Waals surface area contributed by atoms with E-state index in [0.29, 0.717) is 46.8 Å². The van der Waals surface area contributed by atoms with Gasteiger partial charge in [-0.2, -0.15) is 0 Å². The van der Waals surface area contributed by atoms with Crippen LogP contribution in [0.25, 0.3) is 33.2 Å². The third-order valence-electron chi connectivity index (χ3n) is 9.14. The van der Waals surface area contributed by atoms with Crippen LogP contribution in [0.3, 0.4) is 0 Å². The van der Waals surface area contributed by atoms with Crippen molar-refractivity contribution < 1.29 is 42.7 Å². The quantitative estimate of drug-likeness (QED) is 0.0350. The highest BCUT2D eigenvalue weighted by molar-refractivity contribution is 6.76. The summed E-state index contributed by atoms with van der Waals surface area (Å²) in [4.78, 5) is 28.3. The number of methoxy groups -OCH3 is 3. The molecule has 5 aromatic rings. The zero-order chi connectivity index (χ0) is 40.6. The van der Waals surface area contributed by atoms with Crippen molar-refractivity contribution in [3.8, 4) is 39.5 Å². The maximum atomic E-state index is 14.2. The second-order valence-corrected chi connectivity index (χ2v) is 21.0. The van der Waals surface area contributed by atoms with E-state index in [9.17, 15) is 9.59 Å². The summed E-state index contributed by atoms with van der Waals surface area (Å²) >= 11 is 0. The molecule has 5 rings (SSSR count). The summed E-state index contributed by atoms with van der Waals surface area (Å²) in [5.41, 5.74) is 4.61. The van der Waals surface area contributed by atoms with Gasteiger partial charge < -0.3 is 42.3 Å². The zero-order valence-electron chi connectivity index (χ0n) is 34.4. The number of ether oxygens (including phenoxy) is 7. The van der Waals surface area contributed by atoms with Gasteiger partial charge in [0.25, 0.3) is 0 Å². The first-order valence-electron chi connectivity index (χ1n) is 19.0. The minimum atomic E-state index is -1.36. The van der Waals surface area contributed by atoms with Crippen molar-refractivity contribution in [2.45, 2.75) is 85.3 Å². The lowest BCUT2D eigenvalue weighted by molar-refractivity contribution is 0.0511. The van der Waals surface area contributed by atoms with Crippen molar-refractivity contribution in [2.24, 2.45) is 0 Å². The second kappa shape index (κ2) is 18.7. The first-order chi connectivity index (χ1) is 26.8. The number of esters is 2. The monoisotopic (exact) mass is 784 g/mol. The largest absolute Gasteiger partial charge is 0.491 e. The number of rotatable bonds is 19. The third-order valence-corrected chi connectivity index (χ3v) is 10.8. The second-order valence-electron chi connectivity index (χ2n) is 15.4. The fraction of sp³-hybridized carbons (Fsp3) is 0.409. The smallest absolute Gasteiger partial charge is 0.355 e. The van der Waals surface area contributed by atoms with E-state index in [2.05, 4.69) is 19.6 Å². The molecule has 0 N–H and O–H groups in total. The minimum Gasteiger partial charge on any atom is -0.491 e. The first kappa shape index (κ1) is 42.1. The fourth-order valence-electron chi connectivity index (χ4n) is 6.63. The molecule has 0 radical (unpaired) electrons. The van der Waals surface area contributed by atoms with Crippen LogP contribution in [-0.2, 0) is 38.6 Å². The highest BCUT2D eigenvalue weighted by Crippen LogP contribution is 2.46. The number of aromatic nitrogens is 2. The van der Waals surface area contributed by atoms with E-state index in [1.165, 1.54) is 14.2 Å². The van der Waals surface area contributed by atoms with Crippen LogP contribution in [0.15, 0.2) is 72.9 Å². The predicted molar refractivity (Wildman–Crippen MR) is 222 cm³/mol. The Bertz CT molecular complexity index is 2090. The van der Waals surface area contributed by atoms with E-state index in [1.807, 2.05) is 105 Å². The topological polar surface area (TPSA) is 109 Å². The van der Waals surface area contributed by atoms with E-state index in [0.717, 1.165) is 28.3 Å². The van der Waals surface area contributed by atoms with Gasteiger partial charge in [0.1, 0.15) is 35.4 Å². The Kier molecular flexibility index (Phi) is 14.1. The highest BCUT2D eigenvalue weighted by atomic mass is 28.3. The van der Waals surface area contributed by atoms with Crippen LogP contribution >= 0.6 is 0 Å². The third kappa shape index (κ3) is 10.0. The molecule has 0 bridgehead atoms.